The summed E-state index contributed by atoms with van der Waals surface area (Å²) in [6.07, 6.45) is 7.55. The summed E-state index contributed by atoms with van der Waals surface area (Å²) < 4.78 is 26.3. The van der Waals surface area contributed by atoms with E-state index < -0.39 is 10.0 Å². The Morgan fingerprint density at radius 2 is 1.81 bits per heavy atom. The molecule has 0 aliphatic heterocycles. The van der Waals surface area contributed by atoms with Crippen LogP contribution >= 0.6 is 0 Å². The van der Waals surface area contributed by atoms with E-state index in [-0.39, 0.29) is 18.5 Å². The number of sulfonamides is 1. The molecule has 1 aliphatic rings. The van der Waals surface area contributed by atoms with Gasteiger partial charge in [0.2, 0.25) is 15.9 Å². The maximum atomic E-state index is 12.7. The number of amides is 1. The van der Waals surface area contributed by atoms with Crippen molar-refractivity contribution in [1.82, 2.24) is 5.32 Å². The first-order chi connectivity index (χ1) is 15.2. The van der Waals surface area contributed by atoms with Gasteiger partial charge in [0.15, 0.2) is 0 Å². The summed E-state index contributed by atoms with van der Waals surface area (Å²) in [6.45, 7) is 6.26. The van der Waals surface area contributed by atoms with Gasteiger partial charge in [-0.05, 0) is 86.3 Å². The number of nitrogens with one attached hydrogen (secondary N) is 1. The fraction of sp³-hybridized carbons (Fsp3) is 0.500. The van der Waals surface area contributed by atoms with E-state index in [1.165, 1.54) is 34.5 Å². The average molecular weight is 457 g/mol. The van der Waals surface area contributed by atoms with Crippen LogP contribution in [0.2, 0.25) is 0 Å². The molecule has 1 amide bonds. The van der Waals surface area contributed by atoms with Crippen LogP contribution in [0.3, 0.4) is 0 Å². The second-order valence-corrected chi connectivity index (χ2v) is 10.8. The van der Waals surface area contributed by atoms with Crippen molar-refractivity contribution in [3.8, 4) is 0 Å². The van der Waals surface area contributed by atoms with Crippen LogP contribution in [0.15, 0.2) is 36.4 Å². The summed E-state index contributed by atoms with van der Waals surface area (Å²) in [7, 11) is -3.43. The SMILES string of the molecule is CC[C@@H](NC(=O)CCCN(c1cccc(C)c1C)S(C)(=O)=O)c1ccc2c(c1)CCCC2. The van der Waals surface area contributed by atoms with Crippen LogP contribution in [0, 0.1) is 13.8 Å². The highest BCUT2D eigenvalue weighted by Gasteiger charge is 2.21. The fourth-order valence-corrected chi connectivity index (χ4v) is 5.53. The Morgan fingerprint density at radius 1 is 1.09 bits per heavy atom. The minimum Gasteiger partial charge on any atom is -0.349 e. The van der Waals surface area contributed by atoms with Crippen LogP contribution in [0.25, 0.3) is 0 Å². The lowest BCUT2D eigenvalue weighted by Gasteiger charge is -2.25. The third kappa shape index (κ3) is 5.91. The standard InChI is InChI=1S/C26H36N2O3S/c1-5-24(23-16-15-21-11-6-7-12-22(21)18-23)27-26(29)14-9-17-28(32(4,30)31)25-13-8-10-19(2)20(25)3/h8,10,13,15-16,18,24H,5-7,9,11-12,14,17H2,1-4H3,(H,27,29)/t24-/m1/s1. The van der Waals surface area contributed by atoms with Crippen LogP contribution in [-0.4, -0.2) is 27.1 Å². The Labute approximate surface area is 193 Å². The maximum absolute atomic E-state index is 12.7. The summed E-state index contributed by atoms with van der Waals surface area (Å²) >= 11 is 0. The molecule has 32 heavy (non-hydrogen) atoms. The largest absolute Gasteiger partial charge is 0.349 e. The van der Waals surface area contributed by atoms with Gasteiger partial charge in [0, 0.05) is 13.0 Å². The highest BCUT2D eigenvalue weighted by molar-refractivity contribution is 7.92. The van der Waals surface area contributed by atoms with E-state index in [1.807, 2.05) is 32.0 Å². The van der Waals surface area contributed by atoms with Crippen LogP contribution in [0.4, 0.5) is 5.69 Å². The average Bonchev–Trinajstić information content (AvgIpc) is 2.76. The summed E-state index contributed by atoms with van der Waals surface area (Å²) in [4.78, 5) is 12.7. The number of anilines is 1. The molecule has 0 bridgehead atoms. The highest BCUT2D eigenvalue weighted by Crippen LogP contribution is 2.27. The van der Waals surface area contributed by atoms with Crippen molar-refractivity contribution in [3.05, 3.63) is 64.2 Å². The van der Waals surface area contributed by atoms with Gasteiger partial charge in [-0.3, -0.25) is 9.10 Å². The number of fused-ring (bicyclic) bond motifs is 1. The van der Waals surface area contributed by atoms with E-state index in [9.17, 15) is 13.2 Å². The topological polar surface area (TPSA) is 66.5 Å². The van der Waals surface area contributed by atoms with E-state index in [0.29, 0.717) is 18.5 Å². The first kappa shape index (κ1) is 24.3. The van der Waals surface area contributed by atoms with Crippen LogP contribution in [0.5, 0.6) is 0 Å². The van der Waals surface area contributed by atoms with Crippen molar-refractivity contribution in [2.24, 2.45) is 0 Å². The van der Waals surface area contributed by atoms with E-state index in [1.54, 1.807) is 0 Å². The summed E-state index contributed by atoms with van der Waals surface area (Å²) in [5, 5.41) is 3.16. The molecule has 1 N–H and O–H groups in total. The van der Waals surface area contributed by atoms with E-state index in [2.05, 4.69) is 30.4 Å². The highest BCUT2D eigenvalue weighted by atomic mass is 32.2. The number of hydrogen-bond donors (Lipinski definition) is 1. The molecule has 1 aliphatic carbocycles. The van der Waals surface area contributed by atoms with Gasteiger partial charge >= 0.3 is 0 Å². The van der Waals surface area contributed by atoms with E-state index in [4.69, 9.17) is 0 Å². The van der Waals surface area contributed by atoms with Crippen LogP contribution in [-0.2, 0) is 27.7 Å². The molecule has 3 rings (SSSR count). The number of aryl methyl sites for hydroxylation is 3. The van der Waals surface area contributed by atoms with Gasteiger partial charge < -0.3 is 5.32 Å². The van der Waals surface area contributed by atoms with Gasteiger partial charge in [-0.15, -0.1) is 0 Å². The fourth-order valence-electron chi connectivity index (χ4n) is 4.51. The Balaban J connectivity index is 1.62. The molecule has 0 radical (unpaired) electrons. The molecule has 0 heterocycles. The molecule has 6 heteroatoms. The molecule has 2 aromatic rings. The van der Waals surface area contributed by atoms with Crippen molar-refractivity contribution >= 4 is 21.6 Å². The summed E-state index contributed by atoms with van der Waals surface area (Å²) in [5.41, 5.74) is 6.70. The quantitative estimate of drug-likeness (QED) is 0.578. The monoisotopic (exact) mass is 456 g/mol. The number of carbonyl (C=O) groups excluding carboxylic acids is 1. The number of nitrogens with zero attached hydrogens (tertiary/aromatic N) is 1. The second-order valence-electron chi connectivity index (χ2n) is 8.92. The lowest BCUT2D eigenvalue weighted by Crippen LogP contribution is -2.33. The number of rotatable bonds is 9. The van der Waals surface area contributed by atoms with Crippen molar-refractivity contribution in [1.29, 1.82) is 0 Å². The zero-order valence-corrected chi connectivity index (χ0v) is 20.6. The maximum Gasteiger partial charge on any atom is 0.232 e. The first-order valence-corrected chi connectivity index (χ1v) is 13.5. The number of benzene rings is 2. The molecule has 0 unspecified atom stereocenters. The molecule has 2 aromatic carbocycles. The zero-order chi connectivity index (χ0) is 23.3. The van der Waals surface area contributed by atoms with Crippen LogP contribution in [0.1, 0.15) is 72.9 Å². The molecule has 0 saturated heterocycles. The predicted molar refractivity (Wildman–Crippen MR) is 132 cm³/mol. The zero-order valence-electron chi connectivity index (χ0n) is 19.8. The van der Waals surface area contributed by atoms with E-state index in [0.717, 1.165) is 36.0 Å². The molecular weight excluding hydrogens is 420 g/mol. The van der Waals surface area contributed by atoms with Crippen molar-refractivity contribution in [3.63, 3.8) is 0 Å². The molecular formula is C26H36N2O3S. The Bertz CT molecular complexity index is 1060. The van der Waals surface area contributed by atoms with Gasteiger partial charge in [0.25, 0.3) is 0 Å². The molecule has 0 saturated carbocycles. The predicted octanol–water partition coefficient (Wildman–Crippen LogP) is 5.00. The third-order valence-corrected chi connectivity index (χ3v) is 7.71. The van der Waals surface area contributed by atoms with Crippen molar-refractivity contribution in [2.75, 3.05) is 17.1 Å². The smallest absolute Gasteiger partial charge is 0.232 e. The van der Waals surface area contributed by atoms with Gasteiger partial charge in [0.05, 0.1) is 18.0 Å². The lowest BCUT2D eigenvalue weighted by atomic mass is 9.89. The van der Waals surface area contributed by atoms with Crippen molar-refractivity contribution < 1.29 is 13.2 Å². The van der Waals surface area contributed by atoms with Gasteiger partial charge in [-0.25, -0.2) is 8.42 Å². The van der Waals surface area contributed by atoms with Gasteiger partial charge in [-0.1, -0.05) is 37.3 Å². The molecule has 0 aromatic heterocycles. The molecule has 0 spiro atoms. The Hall–Kier alpha value is -2.34. The number of hydrogen-bond acceptors (Lipinski definition) is 3. The van der Waals surface area contributed by atoms with Crippen molar-refractivity contribution in [2.45, 2.75) is 71.8 Å². The summed E-state index contributed by atoms with van der Waals surface area (Å²) in [5.74, 6) is -0.0380. The third-order valence-electron chi connectivity index (χ3n) is 6.53. The first-order valence-electron chi connectivity index (χ1n) is 11.7. The molecule has 0 fully saturated rings. The lowest BCUT2D eigenvalue weighted by molar-refractivity contribution is -0.121. The Morgan fingerprint density at radius 3 is 2.50 bits per heavy atom. The van der Waals surface area contributed by atoms with Crippen LogP contribution < -0.4 is 9.62 Å². The number of carbonyl (C=O) groups is 1. The minimum absolute atomic E-state index is 0.0141. The second kappa shape index (κ2) is 10.5. The molecule has 5 nitrogen and oxygen atoms in total. The Kier molecular flexibility index (Phi) is 7.99. The summed E-state index contributed by atoms with van der Waals surface area (Å²) in [6, 6.07) is 12.3. The van der Waals surface area contributed by atoms with E-state index >= 15 is 0 Å². The molecule has 174 valence electrons. The molecule has 1 atom stereocenters. The van der Waals surface area contributed by atoms with Gasteiger partial charge in [-0.2, -0.15) is 0 Å². The normalized spacial score (nSPS) is 14.5. The minimum atomic E-state index is -3.43. The van der Waals surface area contributed by atoms with Gasteiger partial charge in [0.1, 0.15) is 0 Å².